The lowest BCUT2D eigenvalue weighted by atomic mass is 10.0. The molecule has 7 nitrogen and oxygen atoms in total. The van der Waals surface area contributed by atoms with Gasteiger partial charge in [0.25, 0.3) is 0 Å². The van der Waals surface area contributed by atoms with Gasteiger partial charge in [0.15, 0.2) is 10.8 Å². The maximum Gasteiger partial charge on any atom is 0.357 e. The van der Waals surface area contributed by atoms with Gasteiger partial charge in [-0.15, -0.1) is 11.3 Å². The first-order valence-corrected chi connectivity index (χ1v) is 13.5. The summed E-state index contributed by atoms with van der Waals surface area (Å²) in [5.74, 6) is 2.02. The first kappa shape index (κ1) is 23.3. The summed E-state index contributed by atoms with van der Waals surface area (Å²) in [7, 11) is 1.38. The summed E-state index contributed by atoms with van der Waals surface area (Å²) in [6, 6.07) is 5.47. The summed E-state index contributed by atoms with van der Waals surface area (Å²) >= 11 is 14.5. The fourth-order valence-corrected chi connectivity index (χ4v) is 6.79. The number of thiazole rings is 1. The normalized spacial score (nSPS) is 23.6. The zero-order valence-corrected chi connectivity index (χ0v) is 21.5. The van der Waals surface area contributed by atoms with Crippen LogP contribution in [0.25, 0.3) is 11.3 Å². The second-order valence-corrected chi connectivity index (χ2v) is 11.2. The van der Waals surface area contributed by atoms with E-state index in [0.717, 1.165) is 55.2 Å². The smallest absolute Gasteiger partial charge is 0.357 e. The number of carbonyl (C=O) groups excluding carboxylic acids is 1. The van der Waals surface area contributed by atoms with E-state index in [-0.39, 0.29) is 6.10 Å². The fraction of sp³-hybridized carbons (Fsp3) is 0.480. The van der Waals surface area contributed by atoms with Crippen LogP contribution in [-0.4, -0.2) is 42.4 Å². The maximum atomic E-state index is 11.7. The molecule has 3 aromatic rings. The highest BCUT2D eigenvalue weighted by atomic mass is 35.5. The van der Waals surface area contributed by atoms with E-state index in [0.29, 0.717) is 51.4 Å². The molecule has 1 saturated heterocycles. The van der Waals surface area contributed by atoms with Crippen molar-refractivity contribution < 1.29 is 18.8 Å². The van der Waals surface area contributed by atoms with Crippen molar-refractivity contribution in [2.45, 2.75) is 44.3 Å². The number of esters is 1. The molecule has 3 fully saturated rings. The summed E-state index contributed by atoms with van der Waals surface area (Å²) in [6.07, 6.45) is 4.40. The Bertz CT molecular complexity index is 1220. The number of benzene rings is 1. The van der Waals surface area contributed by atoms with Gasteiger partial charge < -0.3 is 18.9 Å². The van der Waals surface area contributed by atoms with Gasteiger partial charge >= 0.3 is 5.97 Å². The van der Waals surface area contributed by atoms with Crippen molar-refractivity contribution in [3.05, 3.63) is 50.6 Å². The standard InChI is InChI=1S/C25H25Cl2N3O4S/c1-32-24(31)20-12-35-25(28-20)30-9-14-7-16(8-15(14)10-30)33-11-17-22(29-34-23(17)13-5-6-13)21-18(26)3-2-4-19(21)27/h2-4,12-16H,5-11H2,1H3/t14-,15+,16?. The van der Waals surface area contributed by atoms with Gasteiger partial charge in [-0.05, 0) is 49.7 Å². The molecule has 0 N–H and O–H groups in total. The minimum atomic E-state index is -0.392. The highest BCUT2D eigenvalue weighted by molar-refractivity contribution is 7.13. The van der Waals surface area contributed by atoms with Crippen LogP contribution in [0.2, 0.25) is 10.0 Å². The van der Waals surface area contributed by atoms with E-state index in [1.807, 2.05) is 18.2 Å². The van der Waals surface area contributed by atoms with Crippen LogP contribution in [0.15, 0.2) is 28.1 Å². The van der Waals surface area contributed by atoms with E-state index in [4.69, 9.17) is 37.2 Å². The van der Waals surface area contributed by atoms with Gasteiger partial charge in [-0.25, -0.2) is 9.78 Å². The lowest BCUT2D eigenvalue weighted by Gasteiger charge is -2.19. The van der Waals surface area contributed by atoms with E-state index in [1.165, 1.54) is 18.4 Å². The van der Waals surface area contributed by atoms with Crippen molar-refractivity contribution in [1.29, 1.82) is 0 Å². The molecule has 10 heteroatoms. The molecule has 35 heavy (non-hydrogen) atoms. The monoisotopic (exact) mass is 533 g/mol. The number of aromatic nitrogens is 2. The van der Waals surface area contributed by atoms with Crippen LogP contribution in [0.1, 0.15) is 53.4 Å². The zero-order valence-electron chi connectivity index (χ0n) is 19.2. The molecule has 2 aliphatic carbocycles. The van der Waals surface area contributed by atoms with Crippen molar-refractivity contribution in [1.82, 2.24) is 10.1 Å². The molecule has 1 unspecified atom stereocenters. The largest absolute Gasteiger partial charge is 0.464 e. The number of hydrogen-bond acceptors (Lipinski definition) is 8. The van der Waals surface area contributed by atoms with Crippen molar-refractivity contribution in [2.24, 2.45) is 11.8 Å². The molecule has 2 aromatic heterocycles. The lowest BCUT2D eigenvalue weighted by Crippen LogP contribution is -2.23. The highest BCUT2D eigenvalue weighted by Crippen LogP contribution is 2.47. The van der Waals surface area contributed by atoms with Crippen LogP contribution in [0.5, 0.6) is 0 Å². The number of ether oxygens (including phenoxy) is 2. The van der Waals surface area contributed by atoms with Gasteiger partial charge in [-0.2, -0.15) is 0 Å². The molecule has 3 aliphatic rings. The summed E-state index contributed by atoms with van der Waals surface area (Å²) in [6.45, 7) is 2.30. The third-order valence-corrected chi connectivity index (χ3v) is 8.83. The molecule has 1 aliphatic heterocycles. The molecule has 0 amide bonds. The Kier molecular flexibility index (Phi) is 6.25. The minimum absolute atomic E-state index is 0.186. The molecular weight excluding hydrogens is 509 g/mol. The Balaban J connectivity index is 1.12. The number of fused-ring (bicyclic) bond motifs is 1. The van der Waals surface area contributed by atoms with Crippen molar-refractivity contribution in [2.75, 3.05) is 25.1 Å². The van der Waals surface area contributed by atoms with Gasteiger partial charge in [-0.1, -0.05) is 34.4 Å². The quantitative estimate of drug-likeness (QED) is 0.334. The van der Waals surface area contributed by atoms with Gasteiger partial charge in [0.1, 0.15) is 11.5 Å². The average Bonchev–Trinajstić information content (AvgIpc) is 3.18. The van der Waals surface area contributed by atoms with E-state index >= 15 is 0 Å². The van der Waals surface area contributed by atoms with Crippen LogP contribution in [0.4, 0.5) is 5.13 Å². The Hall–Kier alpha value is -2.13. The maximum absolute atomic E-state index is 11.7. The number of halogens is 2. The van der Waals surface area contributed by atoms with E-state index < -0.39 is 5.97 Å². The van der Waals surface area contributed by atoms with Gasteiger partial charge in [0.05, 0.1) is 29.9 Å². The number of nitrogens with zero attached hydrogens (tertiary/aromatic N) is 3. The summed E-state index contributed by atoms with van der Waals surface area (Å²) in [5, 5.41) is 8.13. The second kappa shape index (κ2) is 9.39. The predicted octanol–water partition coefficient (Wildman–Crippen LogP) is 6.20. The molecule has 2 saturated carbocycles. The third kappa shape index (κ3) is 4.46. The predicted molar refractivity (Wildman–Crippen MR) is 134 cm³/mol. The molecule has 0 bridgehead atoms. The molecule has 6 rings (SSSR count). The Morgan fingerprint density at radius 3 is 2.57 bits per heavy atom. The summed E-state index contributed by atoms with van der Waals surface area (Å²) in [4.78, 5) is 18.5. The fourth-order valence-electron chi connectivity index (χ4n) is 5.39. The highest BCUT2D eigenvalue weighted by Gasteiger charge is 2.42. The van der Waals surface area contributed by atoms with Crippen molar-refractivity contribution in [3.8, 4) is 11.3 Å². The molecule has 3 atom stereocenters. The lowest BCUT2D eigenvalue weighted by molar-refractivity contribution is 0.0403. The van der Waals surface area contributed by atoms with E-state index in [9.17, 15) is 4.79 Å². The first-order chi connectivity index (χ1) is 17.0. The molecule has 1 aromatic carbocycles. The molecule has 0 radical (unpaired) electrons. The SMILES string of the molecule is COC(=O)c1csc(N2C[C@H]3CC(OCc4c(-c5c(Cl)cccc5Cl)noc4C4CC4)C[C@H]3C2)n1. The molecular formula is C25H25Cl2N3O4S. The summed E-state index contributed by atoms with van der Waals surface area (Å²) in [5.41, 5.74) is 2.75. The van der Waals surface area contributed by atoms with Crippen LogP contribution in [0.3, 0.4) is 0 Å². The first-order valence-electron chi connectivity index (χ1n) is 11.8. The van der Waals surface area contributed by atoms with Crippen LogP contribution in [0, 0.1) is 11.8 Å². The number of rotatable bonds is 7. The van der Waals surface area contributed by atoms with Crippen molar-refractivity contribution in [3.63, 3.8) is 0 Å². The van der Waals surface area contributed by atoms with Gasteiger partial charge in [0, 0.05) is 35.5 Å². The van der Waals surface area contributed by atoms with Crippen LogP contribution < -0.4 is 4.90 Å². The van der Waals surface area contributed by atoms with E-state index in [1.54, 1.807) is 5.38 Å². The Labute approximate surface area is 217 Å². The zero-order chi connectivity index (χ0) is 24.1. The average molecular weight is 534 g/mol. The summed E-state index contributed by atoms with van der Waals surface area (Å²) < 4.78 is 17.0. The number of methoxy groups -OCH3 is 1. The van der Waals surface area contributed by atoms with Crippen LogP contribution >= 0.6 is 34.5 Å². The van der Waals surface area contributed by atoms with Crippen molar-refractivity contribution >= 4 is 45.6 Å². The number of hydrogen-bond donors (Lipinski definition) is 0. The topological polar surface area (TPSA) is 77.7 Å². The number of anilines is 1. The van der Waals surface area contributed by atoms with Crippen LogP contribution in [-0.2, 0) is 16.1 Å². The van der Waals surface area contributed by atoms with Gasteiger partial charge in [-0.3, -0.25) is 0 Å². The van der Waals surface area contributed by atoms with E-state index in [2.05, 4.69) is 15.0 Å². The van der Waals surface area contributed by atoms with Gasteiger partial charge in [0.2, 0.25) is 0 Å². The Morgan fingerprint density at radius 2 is 1.91 bits per heavy atom. The minimum Gasteiger partial charge on any atom is -0.464 e. The second-order valence-electron chi connectivity index (χ2n) is 9.58. The Morgan fingerprint density at radius 1 is 1.20 bits per heavy atom. The third-order valence-electron chi connectivity index (χ3n) is 7.29. The number of carbonyl (C=O) groups is 1. The molecule has 3 heterocycles. The molecule has 184 valence electrons. The molecule has 0 spiro atoms.